The molecule has 2 heterocycles. The van der Waals surface area contributed by atoms with Crippen LogP contribution < -0.4 is 5.32 Å². The number of aromatic amines is 1. The molecule has 1 aliphatic rings. The molecule has 2 aromatic heterocycles. The van der Waals surface area contributed by atoms with Crippen molar-refractivity contribution in [2.24, 2.45) is 0 Å². The number of benzene rings is 1. The zero-order valence-corrected chi connectivity index (χ0v) is 15.7. The van der Waals surface area contributed by atoms with E-state index >= 15 is 0 Å². The highest BCUT2D eigenvalue weighted by Gasteiger charge is 2.26. The molecule has 2 N–H and O–H groups in total. The van der Waals surface area contributed by atoms with Gasteiger partial charge in [-0.15, -0.1) is 0 Å². The molecule has 0 radical (unpaired) electrons. The fraction of sp³-hybridized carbons (Fsp3) is 0.316. The Morgan fingerprint density at radius 2 is 1.85 bits per heavy atom. The topological polar surface area (TPSA) is 105 Å². The molecule has 27 heavy (non-hydrogen) atoms. The zero-order chi connectivity index (χ0) is 19.0. The van der Waals surface area contributed by atoms with Crippen molar-refractivity contribution in [3.05, 3.63) is 47.8 Å². The van der Waals surface area contributed by atoms with Gasteiger partial charge in [-0.1, -0.05) is 31.0 Å². The second-order valence-electron chi connectivity index (χ2n) is 6.91. The second-order valence-corrected chi connectivity index (χ2v) is 8.82. The van der Waals surface area contributed by atoms with Gasteiger partial charge in [0.05, 0.1) is 5.69 Å². The lowest BCUT2D eigenvalue weighted by Gasteiger charge is -2.10. The number of carbonyl (C=O) groups excluding carboxylic acids is 1. The van der Waals surface area contributed by atoms with Crippen molar-refractivity contribution in [2.45, 2.75) is 36.8 Å². The smallest absolute Gasteiger partial charge is 0.272 e. The molecule has 0 atom stereocenters. The lowest BCUT2D eigenvalue weighted by atomic mass is 10.0. The van der Waals surface area contributed by atoms with Gasteiger partial charge in [-0.3, -0.25) is 4.79 Å². The number of rotatable bonds is 4. The van der Waals surface area contributed by atoms with Crippen molar-refractivity contribution in [3.8, 4) is 0 Å². The summed E-state index contributed by atoms with van der Waals surface area (Å²) in [7, 11) is -3.55. The first kappa shape index (κ1) is 17.7. The first-order valence-electron chi connectivity index (χ1n) is 8.89. The van der Waals surface area contributed by atoms with Gasteiger partial charge in [0.25, 0.3) is 5.91 Å². The average molecular weight is 384 g/mol. The minimum absolute atomic E-state index is 0.192. The Bertz CT molecular complexity index is 1100. The largest absolute Gasteiger partial charge is 0.335 e. The van der Waals surface area contributed by atoms with E-state index in [9.17, 15) is 13.2 Å². The van der Waals surface area contributed by atoms with E-state index in [1.54, 1.807) is 18.2 Å². The van der Waals surface area contributed by atoms with Crippen LogP contribution in [0.15, 0.2) is 41.6 Å². The molecule has 1 amide bonds. The second kappa shape index (κ2) is 6.77. The van der Waals surface area contributed by atoms with Crippen LogP contribution in [-0.2, 0) is 9.84 Å². The van der Waals surface area contributed by atoms with Crippen LogP contribution in [0.2, 0.25) is 0 Å². The van der Waals surface area contributed by atoms with Crippen molar-refractivity contribution in [1.29, 1.82) is 0 Å². The molecule has 8 heteroatoms. The van der Waals surface area contributed by atoms with Crippen LogP contribution in [0, 0.1) is 0 Å². The summed E-state index contributed by atoms with van der Waals surface area (Å²) in [5, 5.41) is 3.33. The summed E-state index contributed by atoms with van der Waals surface area (Å²) in [5.74, 6) is -0.116. The van der Waals surface area contributed by atoms with Crippen LogP contribution in [0.1, 0.15) is 47.8 Å². The number of sulfone groups is 1. The van der Waals surface area contributed by atoms with Crippen LogP contribution in [0.5, 0.6) is 0 Å². The minimum atomic E-state index is -3.55. The van der Waals surface area contributed by atoms with Gasteiger partial charge >= 0.3 is 0 Å². The van der Waals surface area contributed by atoms with E-state index in [1.165, 1.54) is 0 Å². The molecular formula is C19H20N4O3S. The first-order valence-corrected chi connectivity index (χ1v) is 10.8. The molecule has 140 valence electrons. The van der Waals surface area contributed by atoms with E-state index in [0.29, 0.717) is 28.1 Å². The highest BCUT2D eigenvalue weighted by atomic mass is 32.2. The predicted octanol–water partition coefficient (Wildman–Crippen LogP) is 3.27. The van der Waals surface area contributed by atoms with Gasteiger partial charge in [0.1, 0.15) is 11.3 Å². The van der Waals surface area contributed by atoms with Crippen molar-refractivity contribution in [2.75, 3.05) is 11.6 Å². The van der Waals surface area contributed by atoms with E-state index in [-0.39, 0.29) is 17.0 Å². The maximum Gasteiger partial charge on any atom is 0.272 e. The number of anilines is 1. The van der Waals surface area contributed by atoms with E-state index in [0.717, 1.165) is 31.9 Å². The molecule has 1 saturated carbocycles. The standard InChI is InChI=1S/C19H20N4O3S/c1-27(25,26)19-22-16(12-7-5-6-8-12)14-11-15(21-17(14)23-19)18(24)20-13-9-3-2-4-10-13/h2-4,9-12H,5-8H2,1H3,(H,20,24)(H,21,22,23). The van der Waals surface area contributed by atoms with Gasteiger partial charge in [0.2, 0.25) is 15.0 Å². The number of nitrogens with one attached hydrogen (secondary N) is 2. The molecule has 0 spiro atoms. The fourth-order valence-corrected chi connectivity index (χ4v) is 4.05. The minimum Gasteiger partial charge on any atom is -0.335 e. The number of hydrogen-bond donors (Lipinski definition) is 2. The molecule has 4 rings (SSSR count). The van der Waals surface area contributed by atoms with E-state index < -0.39 is 9.84 Å². The van der Waals surface area contributed by atoms with Gasteiger partial charge in [0.15, 0.2) is 0 Å². The third kappa shape index (κ3) is 3.57. The van der Waals surface area contributed by atoms with Crippen LogP contribution in [0.25, 0.3) is 11.0 Å². The molecule has 1 aromatic carbocycles. The number of H-pyrrole nitrogens is 1. The Morgan fingerprint density at radius 1 is 1.15 bits per heavy atom. The Kier molecular flexibility index (Phi) is 4.43. The van der Waals surface area contributed by atoms with Gasteiger partial charge in [0, 0.05) is 23.2 Å². The molecule has 0 aliphatic heterocycles. The van der Waals surface area contributed by atoms with Gasteiger partial charge < -0.3 is 10.3 Å². The lowest BCUT2D eigenvalue weighted by molar-refractivity contribution is 0.102. The third-order valence-corrected chi connectivity index (χ3v) is 5.69. The van der Waals surface area contributed by atoms with Gasteiger partial charge in [-0.2, -0.15) is 0 Å². The third-order valence-electron chi connectivity index (χ3n) is 4.85. The number of fused-ring (bicyclic) bond motifs is 1. The summed E-state index contributed by atoms with van der Waals surface area (Å²) in [4.78, 5) is 24.1. The predicted molar refractivity (Wildman–Crippen MR) is 103 cm³/mol. The highest BCUT2D eigenvalue weighted by molar-refractivity contribution is 7.90. The summed E-state index contributed by atoms with van der Waals surface area (Å²) in [6.45, 7) is 0. The number of aromatic nitrogens is 3. The molecule has 1 aliphatic carbocycles. The van der Waals surface area contributed by atoms with Crippen molar-refractivity contribution in [3.63, 3.8) is 0 Å². The van der Waals surface area contributed by atoms with E-state index in [4.69, 9.17) is 0 Å². The van der Waals surface area contributed by atoms with Crippen LogP contribution >= 0.6 is 0 Å². The van der Waals surface area contributed by atoms with E-state index in [1.807, 2.05) is 18.2 Å². The number of hydrogen-bond acceptors (Lipinski definition) is 5. The summed E-state index contributed by atoms with van der Waals surface area (Å²) in [5.41, 5.74) is 2.10. The number of nitrogens with zero attached hydrogens (tertiary/aromatic N) is 2. The fourth-order valence-electron chi connectivity index (χ4n) is 3.53. The summed E-state index contributed by atoms with van der Waals surface area (Å²) in [6.07, 6.45) is 5.21. The number of amides is 1. The summed E-state index contributed by atoms with van der Waals surface area (Å²) >= 11 is 0. The lowest BCUT2D eigenvalue weighted by Crippen LogP contribution is -2.12. The summed E-state index contributed by atoms with van der Waals surface area (Å²) < 4.78 is 24.0. The Labute approximate surface area is 157 Å². The SMILES string of the molecule is CS(=O)(=O)c1nc(C2CCCC2)c2cc(C(=O)Nc3ccccc3)[nH]c2n1. The molecule has 0 unspecified atom stereocenters. The van der Waals surface area contributed by atoms with Gasteiger partial charge in [-0.25, -0.2) is 18.4 Å². The summed E-state index contributed by atoms with van der Waals surface area (Å²) in [6, 6.07) is 10.9. The molecule has 0 saturated heterocycles. The van der Waals surface area contributed by atoms with E-state index in [2.05, 4.69) is 20.3 Å². The Balaban J connectivity index is 1.78. The molecule has 0 bridgehead atoms. The van der Waals surface area contributed by atoms with Gasteiger partial charge in [-0.05, 0) is 31.0 Å². The van der Waals surface area contributed by atoms with Crippen LogP contribution in [0.3, 0.4) is 0 Å². The maximum atomic E-state index is 12.6. The molecular weight excluding hydrogens is 364 g/mol. The number of carbonyl (C=O) groups is 1. The zero-order valence-electron chi connectivity index (χ0n) is 14.9. The van der Waals surface area contributed by atoms with Crippen molar-refractivity contribution < 1.29 is 13.2 Å². The first-order chi connectivity index (χ1) is 12.9. The Hall–Kier alpha value is -2.74. The number of para-hydroxylation sites is 1. The normalized spacial score (nSPS) is 15.3. The molecule has 7 nitrogen and oxygen atoms in total. The molecule has 3 aromatic rings. The molecule has 1 fully saturated rings. The average Bonchev–Trinajstić information content (AvgIpc) is 3.30. The quantitative estimate of drug-likeness (QED) is 0.672. The van der Waals surface area contributed by atoms with Crippen LogP contribution in [0.4, 0.5) is 5.69 Å². The van der Waals surface area contributed by atoms with Crippen molar-refractivity contribution >= 4 is 32.5 Å². The van der Waals surface area contributed by atoms with Crippen molar-refractivity contribution in [1.82, 2.24) is 15.0 Å². The maximum absolute atomic E-state index is 12.6. The highest BCUT2D eigenvalue weighted by Crippen LogP contribution is 2.36. The monoisotopic (exact) mass is 384 g/mol. The Morgan fingerprint density at radius 3 is 2.52 bits per heavy atom. The van der Waals surface area contributed by atoms with Crippen LogP contribution in [-0.4, -0.2) is 35.5 Å².